The molecule has 3 nitrogen and oxygen atoms in total. The zero-order valence-electron chi connectivity index (χ0n) is 11.3. The fourth-order valence-corrected chi connectivity index (χ4v) is 1.65. The van der Waals surface area contributed by atoms with Gasteiger partial charge in [-0.2, -0.15) is 0 Å². The lowest BCUT2D eigenvalue weighted by molar-refractivity contribution is -0.140. The van der Waals surface area contributed by atoms with Crippen LogP contribution in [0.1, 0.15) is 12.5 Å². The Morgan fingerprint density at radius 1 is 1.00 bits per heavy atom. The van der Waals surface area contributed by atoms with Crippen molar-refractivity contribution in [2.75, 3.05) is 6.61 Å². The van der Waals surface area contributed by atoms with Crippen LogP contribution in [0.4, 0.5) is 0 Å². The topological polar surface area (TPSA) is 35.5 Å². The number of esters is 1. The summed E-state index contributed by atoms with van der Waals surface area (Å²) in [7, 11) is 0. The molecule has 0 spiro atoms. The van der Waals surface area contributed by atoms with Crippen molar-refractivity contribution in [3.8, 4) is 5.75 Å². The average Bonchev–Trinajstić information content (AvgIpc) is 2.49. The van der Waals surface area contributed by atoms with Crippen LogP contribution in [0.15, 0.2) is 66.4 Å². The third-order valence-corrected chi connectivity index (χ3v) is 2.54. The normalized spacial score (nSPS) is 10.9. The highest BCUT2D eigenvalue weighted by molar-refractivity contribution is 5.92. The molecule has 0 saturated carbocycles. The van der Waals surface area contributed by atoms with Gasteiger partial charge in [-0.3, -0.25) is 0 Å². The van der Waals surface area contributed by atoms with Gasteiger partial charge in [-0.25, -0.2) is 4.79 Å². The van der Waals surface area contributed by atoms with Gasteiger partial charge < -0.3 is 9.47 Å². The van der Waals surface area contributed by atoms with E-state index in [0.29, 0.717) is 12.4 Å². The zero-order chi connectivity index (χ0) is 14.2. The smallest absolute Gasteiger partial charge is 0.374 e. The van der Waals surface area contributed by atoms with E-state index in [-0.39, 0.29) is 5.76 Å². The summed E-state index contributed by atoms with van der Waals surface area (Å²) in [6, 6.07) is 18.7. The molecule has 2 aromatic rings. The summed E-state index contributed by atoms with van der Waals surface area (Å²) in [5.41, 5.74) is 0.881. The van der Waals surface area contributed by atoms with Crippen molar-refractivity contribution in [1.29, 1.82) is 0 Å². The molecular weight excluding hydrogens is 252 g/mol. The molecule has 0 fully saturated rings. The summed E-state index contributed by atoms with van der Waals surface area (Å²) < 4.78 is 10.6. The molecule has 2 aromatic carbocycles. The molecule has 0 aliphatic rings. The van der Waals surface area contributed by atoms with Crippen molar-refractivity contribution in [3.05, 3.63) is 72.0 Å². The number of hydrogen-bond acceptors (Lipinski definition) is 3. The fourth-order valence-electron chi connectivity index (χ4n) is 1.65. The van der Waals surface area contributed by atoms with Crippen molar-refractivity contribution < 1.29 is 14.3 Å². The van der Waals surface area contributed by atoms with Crippen LogP contribution in [-0.4, -0.2) is 12.6 Å². The van der Waals surface area contributed by atoms with E-state index in [1.54, 1.807) is 25.1 Å². The van der Waals surface area contributed by atoms with Crippen LogP contribution in [0.3, 0.4) is 0 Å². The van der Waals surface area contributed by atoms with E-state index in [9.17, 15) is 4.79 Å². The Labute approximate surface area is 118 Å². The number of hydrogen-bond donors (Lipinski definition) is 0. The van der Waals surface area contributed by atoms with Gasteiger partial charge in [0, 0.05) is 0 Å². The molecule has 0 saturated heterocycles. The Balaban J connectivity index is 2.25. The van der Waals surface area contributed by atoms with Gasteiger partial charge in [0.25, 0.3) is 0 Å². The minimum Gasteiger partial charge on any atom is -0.460 e. The number of para-hydroxylation sites is 1. The molecular formula is C17H16O3. The van der Waals surface area contributed by atoms with E-state index >= 15 is 0 Å². The van der Waals surface area contributed by atoms with Gasteiger partial charge in [0.15, 0.2) is 0 Å². The molecule has 0 aliphatic carbocycles. The van der Waals surface area contributed by atoms with Gasteiger partial charge in [0.1, 0.15) is 5.75 Å². The van der Waals surface area contributed by atoms with Gasteiger partial charge in [0.05, 0.1) is 6.61 Å². The van der Waals surface area contributed by atoms with E-state index in [4.69, 9.17) is 9.47 Å². The first-order chi connectivity index (χ1) is 9.79. The molecule has 102 valence electrons. The van der Waals surface area contributed by atoms with E-state index < -0.39 is 5.97 Å². The van der Waals surface area contributed by atoms with E-state index in [1.807, 2.05) is 48.5 Å². The lowest BCUT2D eigenvalue weighted by atomic mass is 10.2. The van der Waals surface area contributed by atoms with Crippen LogP contribution in [0.5, 0.6) is 5.75 Å². The van der Waals surface area contributed by atoms with Crippen LogP contribution >= 0.6 is 0 Å². The van der Waals surface area contributed by atoms with Gasteiger partial charge >= 0.3 is 5.97 Å². The molecule has 0 unspecified atom stereocenters. The maximum Gasteiger partial charge on any atom is 0.374 e. The lowest BCUT2D eigenvalue weighted by Crippen LogP contribution is -2.12. The molecule has 0 aromatic heterocycles. The number of carbonyl (C=O) groups excluding carboxylic acids is 1. The Morgan fingerprint density at radius 3 is 2.20 bits per heavy atom. The second kappa shape index (κ2) is 7.14. The quantitative estimate of drug-likeness (QED) is 0.471. The zero-order valence-corrected chi connectivity index (χ0v) is 11.3. The average molecular weight is 268 g/mol. The number of benzene rings is 2. The van der Waals surface area contributed by atoms with Crippen molar-refractivity contribution >= 4 is 12.0 Å². The first-order valence-corrected chi connectivity index (χ1v) is 6.46. The van der Waals surface area contributed by atoms with Gasteiger partial charge in [-0.15, -0.1) is 0 Å². The van der Waals surface area contributed by atoms with Crippen molar-refractivity contribution in [2.45, 2.75) is 6.92 Å². The molecule has 0 heterocycles. The highest BCUT2D eigenvalue weighted by Crippen LogP contribution is 2.16. The first-order valence-electron chi connectivity index (χ1n) is 6.46. The Hall–Kier alpha value is -2.55. The van der Waals surface area contributed by atoms with Crippen LogP contribution in [0, 0.1) is 0 Å². The monoisotopic (exact) mass is 268 g/mol. The molecule has 2 rings (SSSR count). The molecule has 0 radical (unpaired) electrons. The number of ether oxygens (including phenoxy) is 2. The first kappa shape index (κ1) is 13.9. The predicted octanol–water partition coefficient (Wildman–Crippen LogP) is 3.67. The number of carbonyl (C=O) groups is 1. The van der Waals surface area contributed by atoms with Crippen molar-refractivity contribution in [2.24, 2.45) is 0 Å². The summed E-state index contributed by atoms with van der Waals surface area (Å²) in [5.74, 6) is 0.298. The predicted molar refractivity (Wildman–Crippen MR) is 78.1 cm³/mol. The standard InChI is InChI=1S/C17H16O3/c1-2-19-17(18)16(13-14-9-5-3-6-10-14)20-15-11-7-4-8-12-15/h3-13H,2H2,1H3. The molecule has 0 atom stereocenters. The summed E-state index contributed by atoms with van der Waals surface area (Å²) in [4.78, 5) is 11.9. The fraction of sp³-hybridized carbons (Fsp3) is 0.118. The summed E-state index contributed by atoms with van der Waals surface area (Å²) in [6.07, 6.45) is 1.67. The maximum atomic E-state index is 11.9. The van der Waals surface area contributed by atoms with E-state index in [0.717, 1.165) is 5.56 Å². The van der Waals surface area contributed by atoms with E-state index in [2.05, 4.69) is 0 Å². The van der Waals surface area contributed by atoms with Gasteiger partial charge in [-0.1, -0.05) is 48.5 Å². The lowest BCUT2D eigenvalue weighted by Gasteiger charge is -2.09. The Morgan fingerprint density at radius 2 is 1.60 bits per heavy atom. The van der Waals surface area contributed by atoms with Gasteiger partial charge in [-0.05, 0) is 30.7 Å². The van der Waals surface area contributed by atoms with Crippen molar-refractivity contribution in [1.82, 2.24) is 0 Å². The van der Waals surface area contributed by atoms with Crippen LogP contribution in [-0.2, 0) is 9.53 Å². The van der Waals surface area contributed by atoms with Crippen LogP contribution in [0.25, 0.3) is 6.08 Å². The largest absolute Gasteiger partial charge is 0.460 e. The third kappa shape index (κ3) is 3.99. The third-order valence-electron chi connectivity index (χ3n) is 2.54. The molecule has 3 heteroatoms. The molecule has 0 N–H and O–H groups in total. The molecule has 0 aliphatic heterocycles. The molecule has 0 bridgehead atoms. The highest BCUT2D eigenvalue weighted by atomic mass is 16.6. The van der Waals surface area contributed by atoms with Crippen LogP contribution in [0.2, 0.25) is 0 Å². The summed E-state index contributed by atoms with van der Waals surface area (Å²) in [6.45, 7) is 2.07. The second-order valence-electron chi connectivity index (χ2n) is 4.05. The van der Waals surface area contributed by atoms with Crippen molar-refractivity contribution in [3.63, 3.8) is 0 Å². The minimum absolute atomic E-state index is 0.171. The Kier molecular flexibility index (Phi) is 4.95. The van der Waals surface area contributed by atoms with E-state index in [1.165, 1.54) is 0 Å². The molecule has 20 heavy (non-hydrogen) atoms. The summed E-state index contributed by atoms with van der Waals surface area (Å²) in [5, 5.41) is 0. The minimum atomic E-state index is -0.472. The summed E-state index contributed by atoms with van der Waals surface area (Å²) >= 11 is 0. The van der Waals surface area contributed by atoms with Crippen LogP contribution < -0.4 is 4.74 Å². The molecule has 0 amide bonds. The Bertz CT molecular complexity index is 574. The SMILES string of the molecule is CCOC(=O)C(=Cc1ccccc1)Oc1ccccc1. The highest BCUT2D eigenvalue weighted by Gasteiger charge is 2.13. The maximum absolute atomic E-state index is 11.9. The van der Waals surface area contributed by atoms with Gasteiger partial charge in [0.2, 0.25) is 5.76 Å². The number of rotatable bonds is 5. The second-order valence-corrected chi connectivity index (χ2v) is 4.05.